The molecule has 0 amide bonds. The fourth-order valence-electron chi connectivity index (χ4n) is 3.07. The maximum Gasteiger partial charge on any atom is 0.150 e. The number of piperazine rings is 1. The van der Waals surface area contributed by atoms with E-state index in [9.17, 15) is 4.79 Å². The highest BCUT2D eigenvalue weighted by atomic mass is 16.5. The molecule has 0 aliphatic carbocycles. The third kappa shape index (κ3) is 3.89. The number of hydrogen-bond donors (Lipinski definition) is 0. The Balaban J connectivity index is 1.56. The van der Waals surface area contributed by atoms with Crippen LogP contribution in [-0.2, 0) is 0 Å². The summed E-state index contributed by atoms with van der Waals surface area (Å²) in [6.07, 6.45) is 1.92. The van der Waals surface area contributed by atoms with Crippen molar-refractivity contribution in [2.24, 2.45) is 0 Å². The van der Waals surface area contributed by atoms with Crippen molar-refractivity contribution in [2.45, 2.75) is 6.42 Å². The number of aldehydes is 1. The van der Waals surface area contributed by atoms with Crippen molar-refractivity contribution in [1.29, 1.82) is 0 Å². The van der Waals surface area contributed by atoms with Gasteiger partial charge in [-0.1, -0.05) is 24.3 Å². The zero-order valence-electron chi connectivity index (χ0n) is 13.7. The van der Waals surface area contributed by atoms with Crippen LogP contribution in [0.4, 0.5) is 0 Å². The Morgan fingerprint density at radius 2 is 1.78 bits per heavy atom. The molecule has 0 atom stereocenters. The Morgan fingerprint density at radius 1 is 1.04 bits per heavy atom. The second kappa shape index (κ2) is 7.57. The van der Waals surface area contributed by atoms with Gasteiger partial charge in [0.1, 0.15) is 5.75 Å². The van der Waals surface area contributed by atoms with E-state index in [2.05, 4.69) is 16.8 Å². The van der Waals surface area contributed by atoms with Crippen molar-refractivity contribution in [3.05, 3.63) is 42.0 Å². The molecule has 0 spiro atoms. The van der Waals surface area contributed by atoms with Crippen LogP contribution in [0.5, 0.6) is 5.75 Å². The van der Waals surface area contributed by atoms with Crippen LogP contribution in [0.3, 0.4) is 0 Å². The van der Waals surface area contributed by atoms with Gasteiger partial charge in [-0.15, -0.1) is 0 Å². The average molecular weight is 312 g/mol. The van der Waals surface area contributed by atoms with E-state index in [-0.39, 0.29) is 0 Å². The highest BCUT2D eigenvalue weighted by molar-refractivity contribution is 6.00. The maximum atomic E-state index is 11.1. The molecule has 2 aromatic rings. The molecule has 4 nitrogen and oxygen atoms in total. The molecule has 122 valence electrons. The molecule has 0 radical (unpaired) electrons. The predicted octanol–water partition coefficient (Wildman–Crippen LogP) is 2.67. The van der Waals surface area contributed by atoms with Crippen LogP contribution in [0.15, 0.2) is 36.4 Å². The van der Waals surface area contributed by atoms with Crippen molar-refractivity contribution in [3.8, 4) is 5.75 Å². The Morgan fingerprint density at radius 3 is 2.52 bits per heavy atom. The lowest BCUT2D eigenvalue weighted by Gasteiger charge is -2.32. The molecular weight excluding hydrogens is 288 g/mol. The molecule has 1 aliphatic rings. The van der Waals surface area contributed by atoms with Gasteiger partial charge in [0.05, 0.1) is 6.61 Å². The Hall–Kier alpha value is -1.91. The minimum absolute atomic E-state index is 0.705. The highest BCUT2D eigenvalue weighted by Gasteiger charge is 2.13. The normalized spacial score (nSPS) is 16.6. The second-order valence-corrected chi connectivity index (χ2v) is 6.16. The summed E-state index contributed by atoms with van der Waals surface area (Å²) < 4.78 is 5.98. The molecular formula is C19H24N2O2. The Bertz CT molecular complexity index is 663. The van der Waals surface area contributed by atoms with Crippen molar-refractivity contribution in [3.63, 3.8) is 0 Å². The summed E-state index contributed by atoms with van der Waals surface area (Å²) in [4.78, 5) is 16.0. The largest absolute Gasteiger partial charge is 0.493 e. The number of nitrogens with zero attached hydrogens (tertiary/aromatic N) is 2. The van der Waals surface area contributed by atoms with E-state index in [0.29, 0.717) is 12.2 Å². The third-order valence-electron chi connectivity index (χ3n) is 4.52. The Labute approximate surface area is 137 Å². The summed E-state index contributed by atoms with van der Waals surface area (Å²) in [5, 5.41) is 1.97. The molecule has 0 aromatic heterocycles. The Kier molecular flexibility index (Phi) is 5.26. The molecule has 1 aliphatic heterocycles. The number of benzene rings is 2. The number of likely N-dealkylation sites (N-methyl/N-ethyl adjacent to an activating group) is 1. The predicted molar refractivity (Wildman–Crippen MR) is 93.4 cm³/mol. The SMILES string of the molecule is CN1CCN(CCCOc2ccc(C=O)c3ccccc23)CC1. The smallest absolute Gasteiger partial charge is 0.150 e. The van der Waals surface area contributed by atoms with Gasteiger partial charge in [0.25, 0.3) is 0 Å². The minimum Gasteiger partial charge on any atom is -0.493 e. The first-order valence-electron chi connectivity index (χ1n) is 8.28. The summed E-state index contributed by atoms with van der Waals surface area (Å²) >= 11 is 0. The summed E-state index contributed by atoms with van der Waals surface area (Å²) in [6, 6.07) is 11.7. The first-order chi connectivity index (χ1) is 11.3. The van der Waals surface area contributed by atoms with Gasteiger partial charge in [-0.05, 0) is 31.0 Å². The number of rotatable bonds is 6. The van der Waals surface area contributed by atoms with Crippen LogP contribution in [0.1, 0.15) is 16.8 Å². The van der Waals surface area contributed by atoms with Crippen LogP contribution in [0, 0.1) is 0 Å². The number of ether oxygens (including phenoxy) is 1. The molecule has 1 saturated heterocycles. The van der Waals surface area contributed by atoms with Crippen molar-refractivity contribution in [2.75, 3.05) is 46.4 Å². The summed E-state index contributed by atoms with van der Waals surface area (Å²) in [7, 11) is 2.18. The van der Waals surface area contributed by atoms with Gasteiger partial charge in [0.2, 0.25) is 0 Å². The van der Waals surface area contributed by atoms with Gasteiger partial charge in [-0.2, -0.15) is 0 Å². The lowest BCUT2D eigenvalue weighted by atomic mass is 10.0. The van der Waals surface area contributed by atoms with Crippen LogP contribution in [0.2, 0.25) is 0 Å². The van der Waals surface area contributed by atoms with Crippen LogP contribution >= 0.6 is 0 Å². The molecule has 0 bridgehead atoms. The van der Waals surface area contributed by atoms with E-state index >= 15 is 0 Å². The zero-order valence-corrected chi connectivity index (χ0v) is 13.7. The van der Waals surface area contributed by atoms with Crippen LogP contribution < -0.4 is 4.74 Å². The third-order valence-corrected chi connectivity index (χ3v) is 4.52. The van der Waals surface area contributed by atoms with Crippen molar-refractivity contribution >= 4 is 17.1 Å². The summed E-state index contributed by atoms with van der Waals surface area (Å²) in [6.45, 7) is 6.38. The number of fused-ring (bicyclic) bond motifs is 1. The molecule has 1 heterocycles. The van der Waals surface area contributed by atoms with Crippen molar-refractivity contribution in [1.82, 2.24) is 9.80 Å². The lowest BCUT2D eigenvalue weighted by Crippen LogP contribution is -2.44. The van der Waals surface area contributed by atoms with Gasteiger partial charge in [-0.3, -0.25) is 4.79 Å². The second-order valence-electron chi connectivity index (χ2n) is 6.16. The van der Waals surface area contributed by atoms with E-state index in [0.717, 1.165) is 62.0 Å². The first kappa shape index (κ1) is 16.0. The number of carbonyl (C=O) groups is 1. The van der Waals surface area contributed by atoms with Crippen LogP contribution in [0.25, 0.3) is 10.8 Å². The molecule has 2 aromatic carbocycles. The van der Waals surface area contributed by atoms with Gasteiger partial charge in [-0.25, -0.2) is 0 Å². The fourth-order valence-corrected chi connectivity index (χ4v) is 3.07. The number of hydrogen-bond acceptors (Lipinski definition) is 4. The zero-order chi connectivity index (χ0) is 16.1. The van der Waals surface area contributed by atoms with Crippen LogP contribution in [-0.4, -0.2) is 62.5 Å². The van der Waals surface area contributed by atoms with E-state index in [1.807, 2.05) is 36.4 Å². The summed E-state index contributed by atoms with van der Waals surface area (Å²) in [5.41, 5.74) is 0.713. The lowest BCUT2D eigenvalue weighted by molar-refractivity contribution is 0.112. The quantitative estimate of drug-likeness (QED) is 0.606. The standard InChI is InChI=1S/C19H24N2O2/c1-20-10-12-21(13-11-20)9-4-14-23-19-8-7-16(15-22)17-5-2-3-6-18(17)19/h2-3,5-8,15H,4,9-14H2,1H3. The van der Waals surface area contributed by atoms with E-state index in [1.54, 1.807) is 0 Å². The molecule has 0 unspecified atom stereocenters. The monoisotopic (exact) mass is 312 g/mol. The first-order valence-corrected chi connectivity index (χ1v) is 8.28. The molecule has 1 fully saturated rings. The van der Waals surface area contributed by atoms with E-state index in [4.69, 9.17) is 4.74 Å². The molecule has 4 heteroatoms. The van der Waals surface area contributed by atoms with Crippen molar-refractivity contribution < 1.29 is 9.53 Å². The average Bonchev–Trinajstić information content (AvgIpc) is 2.60. The van der Waals surface area contributed by atoms with Gasteiger partial charge in [0.15, 0.2) is 6.29 Å². The minimum atomic E-state index is 0.705. The topological polar surface area (TPSA) is 32.8 Å². The van der Waals surface area contributed by atoms with E-state index in [1.165, 1.54) is 0 Å². The fraction of sp³-hybridized carbons (Fsp3) is 0.421. The maximum absolute atomic E-state index is 11.1. The van der Waals surface area contributed by atoms with E-state index < -0.39 is 0 Å². The molecule has 0 N–H and O–H groups in total. The van der Waals surface area contributed by atoms with Gasteiger partial charge in [0, 0.05) is 43.7 Å². The van der Waals surface area contributed by atoms with Gasteiger partial charge >= 0.3 is 0 Å². The molecule has 3 rings (SSSR count). The summed E-state index contributed by atoms with van der Waals surface area (Å²) in [5.74, 6) is 0.865. The molecule has 0 saturated carbocycles. The molecule has 23 heavy (non-hydrogen) atoms. The van der Waals surface area contributed by atoms with Gasteiger partial charge < -0.3 is 14.5 Å². The number of carbonyl (C=O) groups excluding carboxylic acids is 1. The highest BCUT2D eigenvalue weighted by Crippen LogP contribution is 2.27.